The van der Waals surface area contributed by atoms with E-state index in [4.69, 9.17) is 21.1 Å². The van der Waals surface area contributed by atoms with Crippen LogP contribution in [0.2, 0.25) is 5.02 Å². The fraction of sp³-hybridized carbons (Fsp3) is 0.136. The van der Waals surface area contributed by atoms with Gasteiger partial charge in [0.2, 0.25) is 0 Å². The first-order chi connectivity index (χ1) is 15.2. The molecule has 0 atom stereocenters. The van der Waals surface area contributed by atoms with E-state index >= 15 is 0 Å². The van der Waals surface area contributed by atoms with Gasteiger partial charge >= 0.3 is 5.97 Å². The normalized spacial score (nSPS) is 10.4. The lowest BCUT2D eigenvalue weighted by Gasteiger charge is -2.11. The Morgan fingerprint density at radius 1 is 0.969 bits per heavy atom. The molecule has 0 spiro atoms. The van der Waals surface area contributed by atoms with Crippen molar-refractivity contribution < 1.29 is 28.2 Å². The van der Waals surface area contributed by atoms with Crippen LogP contribution in [-0.4, -0.2) is 32.0 Å². The summed E-state index contributed by atoms with van der Waals surface area (Å²) >= 11 is 6.98. The maximum absolute atomic E-state index is 13.2. The zero-order valence-electron chi connectivity index (χ0n) is 17.2. The number of nitrogens with one attached hydrogen (secondary N) is 2. The molecule has 3 rings (SSSR count). The Hall–Kier alpha value is -3.43. The molecule has 0 unspecified atom stereocenters. The van der Waals surface area contributed by atoms with Gasteiger partial charge in [0, 0.05) is 0 Å². The number of hydrogen-bond donors (Lipinski definition) is 2. The molecule has 0 fully saturated rings. The fourth-order valence-corrected chi connectivity index (χ4v) is 4.06. The highest BCUT2D eigenvalue weighted by Gasteiger charge is 2.20. The van der Waals surface area contributed by atoms with E-state index < -0.39 is 23.6 Å². The number of carbonyl (C=O) groups is 3. The van der Waals surface area contributed by atoms with Gasteiger partial charge in [0.15, 0.2) is 0 Å². The zero-order valence-corrected chi connectivity index (χ0v) is 18.8. The van der Waals surface area contributed by atoms with Crippen molar-refractivity contribution >= 4 is 51.4 Å². The Morgan fingerprint density at radius 3 is 2.38 bits per heavy atom. The van der Waals surface area contributed by atoms with E-state index in [1.165, 1.54) is 32.4 Å². The number of methoxy groups -OCH3 is 2. The Balaban J connectivity index is 1.81. The third-order valence-electron chi connectivity index (χ3n) is 4.42. The maximum Gasteiger partial charge on any atom is 0.340 e. The number of aryl methyl sites for hydroxylation is 1. The summed E-state index contributed by atoms with van der Waals surface area (Å²) in [6.07, 6.45) is 0. The van der Waals surface area contributed by atoms with E-state index in [-0.39, 0.29) is 21.8 Å². The van der Waals surface area contributed by atoms with Crippen molar-refractivity contribution in [3.05, 3.63) is 74.9 Å². The number of benzene rings is 2. The summed E-state index contributed by atoms with van der Waals surface area (Å²) in [5.74, 6) is -1.76. The molecule has 0 aliphatic rings. The van der Waals surface area contributed by atoms with Crippen molar-refractivity contribution in [1.82, 2.24) is 0 Å². The largest absolute Gasteiger partial charge is 0.497 e. The minimum Gasteiger partial charge on any atom is -0.497 e. The smallest absolute Gasteiger partial charge is 0.340 e. The number of hydrogen-bond acceptors (Lipinski definition) is 6. The molecule has 2 aromatic carbocycles. The lowest BCUT2D eigenvalue weighted by molar-refractivity contribution is 0.0601. The summed E-state index contributed by atoms with van der Waals surface area (Å²) < 4.78 is 23.1. The predicted octanol–water partition coefficient (Wildman–Crippen LogP) is 5.15. The number of halogens is 2. The molecule has 0 aliphatic carbocycles. The molecule has 0 saturated heterocycles. The van der Waals surface area contributed by atoms with Gasteiger partial charge in [-0.2, -0.15) is 0 Å². The average Bonchev–Trinajstić information content (AvgIpc) is 3.13. The monoisotopic (exact) mass is 476 g/mol. The van der Waals surface area contributed by atoms with Crippen LogP contribution in [0.4, 0.5) is 15.1 Å². The van der Waals surface area contributed by atoms with Crippen LogP contribution in [0.1, 0.15) is 36.0 Å². The number of carbonyl (C=O) groups excluding carboxylic acids is 3. The number of rotatable bonds is 6. The summed E-state index contributed by atoms with van der Waals surface area (Å²) in [5.41, 5.74) is 1.10. The molecule has 0 radical (unpaired) electrons. The molecule has 10 heteroatoms. The van der Waals surface area contributed by atoms with Gasteiger partial charge in [0.05, 0.1) is 45.9 Å². The predicted molar refractivity (Wildman–Crippen MR) is 121 cm³/mol. The van der Waals surface area contributed by atoms with Gasteiger partial charge in [-0.3, -0.25) is 9.59 Å². The van der Waals surface area contributed by atoms with Gasteiger partial charge in [-0.25, -0.2) is 9.18 Å². The van der Waals surface area contributed by atoms with Gasteiger partial charge in [0.25, 0.3) is 11.8 Å². The molecule has 0 aliphatic heterocycles. The number of anilines is 2. The second-order valence-corrected chi connectivity index (χ2v) is 8.02. The van der Waals surface area contributed by atoms with E-state index in [1.54, 1.807) is 19.1 Å². The Kier molecular flexibility index (Phi) is 7.12. The van der Waals surface area contributed by atoms with Crippen LogP contribution in [0.25, 0.3) is 0 Å². The molecule has 0 saturated carbocycles. The van der Waals surface area contributed by atoms with E-state index in [0.717, 1.165) is 23.5 Å². The van der Waals surface area contributed by atoms with Gasteiger partial charge in [0.1, 0.15) is 11.6 Å². The van der Waals surface area contributed by atoms with Crippen molar-refractivity contribution in [2.24, 2.45) is 0 Å². The summed E-state index contributed by atoms with van der Waals surface area (Å²) in [4.78, 5) is 37.7. The lowest BCUT2D eigenvalue weighted by Crippen LogP contribution is -2.15. The summed E-state index contributed by atoms with van der Waals surface area (Å²) in [6.45, 7) is 1.71. The first-order valence-electron chi connectivity index (χ1n) is 9.18. The van der Waals surface area contributed by atoms with Crippen LogP contribution in [0.15, 0.2) is 42.5 Å². The third-order valence-corrected chi connectivity index (χ3v) is 5.88. The van der Waals surface area contributed by atoms with Crippen LogP contribution in [0.5, 0.6) is 5.75 Å². The minimum atomic E-state index is -0.633. The SMILES string of the molecule is COC(=O)c1cc(OC)ccc1NC(=O)c1sc(NC(=O)c2ccc(F)cc2Cl)cc1C. The number of ether oxygens (including phenoxy) is 2. The standard InChI is InChI=1S/C22H18ClFN2O5S/c1-11-8-18(26-20(27)14-6-4-12(24)9-16(14)23)32-19(11)21(28)25-17-7-5-13(30-2)10-15(17)22(29)31-3/h4-10H,1-3H3,(H,25,28)(H,26,27). The molecule has 166 valence electrons. The number of amides is 2. The molecule has 7 nitrogen and oxygen atoms in total. The van der Waals surface area contributed by atoms with Crippen molar-refractivity contribution in [3.63, 3.8) is 0 Å². The average molecular weight is 477 g/mol. The van der Waals surface area contributed by atoms with Crippen molar-refractivity contribution in [2.75, 3.05) is 24.9 Å². The molecule has 1 aromatic heterocycles. The molecule has 3 aromatic rings. The van der Waals surface area contributed by atoms with Gasteiger partial charge < -0.3 is 20.1 Å². The fourth-order valence-electron chi connectivity index (χ4n) is 2.84. The molecule has 0 bridgehead atoms. The van der Waals surface area contributed by atoms with E-state index in [9.17, 15) is 18.8 Å². The first-order valence-corrected chi connectivity index (χ1v) is 10.4. The van der Waals surface area contributed by atoms with Crippen LogP contribution >= 0.6 is 22.9 Å². The zero-order chi connectivity index (χ0) is 23.4. The molecular formula is C22H18ClFN2O5S. The Morgan fingerprint density at radius 2 is 1.72 bits per heavy atom. The summed E-state index contributed by atoms with van der Waals surface area (Å²) in [7, 11) is 2.69. The van der Waals surface area contributed by atoms with E-state index in [2.05, 4.69) is 10.6 Å². The van der Waals surface area contributed by atoms with Gasteiger partial charge in [-0.15, -0.1) is 11.3 Å². The minimum absolute atomic E-state index is 0.0245. The van der Waals surface area contributed by atoms with Gasteiger partial charge in [-0.05, 0) is 55.0 Å². The number of esters is 1. The van der Waals surface area contributed by atoms with E-state index in [1.807, 2.05) is 0 Å². The summed E-state index contributed by atoms with van der Waals surface area (Å²) in [5, 5.41) is 5.72. The Labute approximate surface area is 192 Å². The van der Waals surface area contributed by atoms with E-state index in [0.29, 0.717) is 21.2 Å². The van der Waals surface area contributed by atoms with Crippen molar-refractivity contribution in [3.8, 4) is 5.75 Å². The molecule has 1 heterocycles. The molecule has 2 N–H and O–H groups in total. The molecule has 32 heavy (non-hydrogen) atoms. The Bertz CT molecular complexity index is 1210. The first kappa shape index (κ1) is 23.2. The van der Waals surface area contributed by atoms with Crippen molar-refractivity contribution in [1.29, 1.82) is 0 Å². The van der Waals surface area contributed by atoms with Crippen LogP contribution in [0, 0.1) is 12.7 Å². The highest BCUT2D eigenvalue weighted by atomic mass is 35.5. The number of thiophene rings is 1. The summed E-state index contributed by atoms with van der Waals surface area (Å²) in [6, 6.07) is 9.67. The molecular weight excluding hydrogens is 459 g/mol. The topological polar surface area (TPSA) is 93.7 Å². The molecule has 2 amide bonds. The van der Waals surface area contributed by atoms with Crippen LogP contribution < -0.4 is 15.4 Å². The highest BCUT2D eigenvalue weighted by molar-refractivity contribution is 7.18. The quantitative estimate of drug-likeness (QED) is 0.480. The maximum atomic E-state index is 13.2. The third kappa shape index (κ3) is 5.06. The van der Waals surface area contributed by atoms with Crippen molar-refractivity contribution in [2.45, 2.75) is 6.92 Å². The van der Waals surface area contributed by atoms with Crippen LogP contribution in [-0.2, 0) is 4.74 Å². The second-order valence-electron chi connectivity index (χ2n) is 6.56. The second kappa shape index (κ2) is 9.80. The highest BCUT2D eigenvalue weighted by Crippen LogP contribution is 2.30. The van der Waals surface area contributed by atoms with Gasteiger partial charge in [-0.1, -0.05) is 11.6 Å². The lowest BCUT2D eigenvalue weighted by atomic mass is 10.1. The van der Waals surface area contributed by atoms with Crippen LogP contribution in [0.3, 0.4) is 0 Å².